The van der Waals surface area contributed by atoms with Crippen LogP contribution in [0.1, 0.15) is 15.9 Å². The van der Waals surface area contributed by atoms with Crippen LogP contribution < -0.4 is 5.73 Å². The Morgan fingerprint density at radius 1 is 1.05 bits per heavy atom. The summed E-state index contributed by atoms with van der Waals surface area (Å²) in [5.41, 5.74) is 8.45. The zero-order chi connectivity index (χ0) is 14.3. The molecule has 0 radical (unpaired) electrons. The van der Waals surface area contributed by atoms with Gasteiger partial charge >= 0.3 is 0 Å². The second-order valence-corrected chi connectivity index (χ2v) is 6.23. The SMILES string of the molecule is Nc1ccc(Br)c(C(=O)c2c[nH]c3ccc(Br)cc23)c1. The van der Waals surface area contributed by atoms with Gasteiger partial charge in [0, 0.05) is 42.9 Å². The summed E-state index contributed by atoms with van der Waals surface area (Å²) >= 11 is 6.83. The van der Waals surface area contributed by atoms with Crippen LogP contribution in [-0.4, -0.2) is 10.8 Å². The van der Waals surface area contributed by atoms with E-state index in [-0.39, 0.29) is 5.78 Å². The minimum atomic E-state index is -0.0616. The number of halogens is 2. The fourth-order valence-corrected chi connectivity index (χ4v) is 2.93. The van der Waals surface area contributed by atoms with E-state index in [9.17, 15) is 4.79 Å². The van der Waals surface area contributed by atoms with Crippen LogP contribution in [0.15, 0.2) is 51.5 Å². The number of aromatic nitrogens is 1. The summed E-state index contributed by atoms with van der Waals surface area (Å²) in [6, 6.07) is 11.0. The van der Waals surface area contributed by atoms with Crippen LogP contribution in [0.5, 0.6) is 0 Å². The third-order valence-corrected chi connectivity index (χ3v) is 4.31. The van der Waals surface area contributed by atoms with Crippen LogP contribution >= 0.6 is 31.9 Å². The summed E-state index contributed by atoms with van der Waals surface area (Å²) in [7, 11) is 0. The maximum Gasteiger partial charge on any atom is 0.196 e. The summed E-state index contributed by atoms with van der Waals surface area (Å²) < 4.78 is 1.67. The predicted molar refractivity (Wildman–Crippen MR) is 88.0 cm³/mol. The Morgan fingerprint density at radius 2 is 1.85 bits per heavy atom. The average Bonchev–Trinajstić information content (AvgIpc) is 2.83. The number of anilines is 1. The molecule has 2 aromatic carbocycles. The number of nitrogens with two attached hydrogens (primary N) is 1. The molecular weight excluding hydrogens is 384 g/mol. The Labute approximate surface area is 132 Å². The smallest absolute Gasteiger partial charge is 0.196 e. The number of rotatable bonds is 2. The number of carbonyl (C=O) groups excluding carboxylic acids is 1. The molecule has 0 bridgehead atoms. The molecule has 1 heterocycles. The van der Waals surface area contributed by atoms with Crippen LogP contribution in [-0.2, 0) is 0 Å². The van der Waals surface area contributed by atoms with E-state index in [1.54, 1.807) is 24.4 Å². The quantitative estimate of drug-likeness (QED) is 0.497. The molecule has 0 aliphatic rings. The first-order valence-corrected chi connectivity index (χ1v) is 7.51. The number of carbonyl (C=O) groups is 1. The van der Waals surface area contributed by atoms with Crippen molar-refractivity contribution in [2.75, 3.05) is 5.73 Å². The Bertz CT molecular complexity index is 824. The molecule has 0 unspecified atom stereocenters. The summed E-state index contributed by atoms with van der Waals surface area (Å²) in [4.78, 5) is 15.8. The number of hydrogen-bond donors (Lipinski definition) is 2. The summed E-state index contributed by atoms with van der Waals surface area (Å²) in [5, 5.41) is 0.888. The molecule has 0 fully saturated rings. The maximum atomic E-state index is 12.7. The monoisotopic (exact) mass is 392 g/mol. The van der Waals surface area contributed by atoms with Crippen LogP contribution in [0, 0.1) is 0 Å². The van der Waals surface area contributed by atoms with Crippen LogP contribution in [0.4, 0.5) is 5.69 Å². The minimum Gasteiger partial charge on any atom is -0.399 e. The number of fused-ring (bicyclic) bond motifs is 1. The standard InChI is InChI=1S/C15H10Br2N2O/c16-8-1-4-14-10(5-8)12(7-19-14)15(20)11-6-9(18)2-3-13(11)17/h1-7,19H,18H2. The third kappa shape index (κ3) is 2.27. The number of nitrogens with one attached hydrogen (secondary N) is 1. The van der Waals surface area contributed by atoms with E-state index in [1.807, 2.05) is 18.2 Å². The first-order valence-electron chi connectivity index (χ1n) is 5.92. The molecule has 3 N–H and O–H groups in total. The Kier molecular flexibility index (Phi) is 3.40. The van der Waals surface area contributed by atoms with Gasteiger partial charge in [0.2, 0.25) is 0 Å². The highest BCUT2D eigenvalue weighted by Gasteiger charge is 2.17. The van der Waals surface area contributed by atoms with Crippen molar-refractivity contribution < 1.29 is 4.79 Å². The second kappa shape index (κ2) is 5.07. The zero-order valence-corrected chi connectivity index (χ0v) is 13.5. The highest BCUT2D eigenvalue weighted by atomic mass is 79.9. The van der Waals surface area contributed by atoms with Gasteiger partial charge in [0.25, 0.3) is 0 Å². The molecule has 0 atom stereocenters. The predicted octanol–water partition coefficient (Wildman–Crippen LogP) is 4.51. The van der Waals surface area contributed by atoms with E-state index < -0.39 is 0 Å². The summed E-state index contributed by atoms with van der Waals surface area (Å²) in [6.45, 7) is 0. The van der Waals surface area contributed by atoms with Gasteiger partial charge in [-0.2, -0.15) is 0 Å². The lowest BCUT2D eigenvalue weighted by molar-refractivity contribution is 0.103. The van der Waals surface area contributed by atoms with E-state index in [0.717, 1.165) is 19.8 Å². The Morgan fingerprint density at radius 3 is 2.65 bits per heavy atom. The van der Waals surface area contributed by atoms with Gasteiger partial charge in [-0.3, -0.25) is 4.79 Å². The van der Waals surface area contributed by atoms with Crippen molar-refractivity contribution in [1.29, 1.82) is 0 Å². The number of nitrogen functional groups attached to an aromatic ring is 1. The van der Waals surface area contributed by atoms with E-state index in [4.69, 9.17) is 5.73 Å². The van der Waals surface area contributed by atoms with Crippen molar-refractivity contribution in [1.82, 2.24) is 4.98 Å². The molecule has 5 heteroatoms. The van der Waals surface area contributed by atoms with Gasteiger partial charge in [-0.05, 0) is 36.4 Å². The van der Waals surface area contributed by atoms with E-state index in [0.29, 0.717) is 16.8 Å². The number of aromatic amines is 1. The lowest BCUT2D eigenvalue weighted by Crippen LogP contribution is -2.02. The molecule has 0 saturated carbocycles. The number of ketones is 1. The van der Waals surface area contributed by atoms with Crippen molar-refractivity contribution in [3.63, 3.8) is 0 Å². The van der Waals surface area contributed by atoms with Crippen LogP contribution in [0.25, 0.3) is 10.9 Å². The lowest BCUT2D eigenvalue weighted by Gasteiger charge is -2.04. The highest BCUT2D eigenvalue weighted by molar-refractivity contribution is 9.10. The second-order valence-electron chi connectivity index (χ2n) is 4.46. The van der Waals surface area contributed by atoms with Crippen LogP contribution in [0.2, 0.25) is 0 Å². The van der Waals surface area contributed by atoms with Crippen molar-refractivity contribution in [2.24, 2.45) is 0 Å². The number of hydrogen-bond acceptors (Lipinski definition) is 2. The maximum absolute atomic E-state index is 12.7. The molecule has 0 amide bonds. The molecule has 0 saturated heterocycles. The van der Waals surface area contributed by atoms with Gasteiger partial charge in [-0.25, -0.2) is 0 Å². The van der Waals surface area contributed by atoms with Gasteiger partial charge in [-0.15, -0.1) is 0 Å². The third-order valence-electron chi connectivity index (χ3n) is 3.12. The molecule has 1 aromatic heterocycles. The Balaban J connectivity index is 2.17. The van der Waals surface area contributed by atoms with Gasteiger partial charge in [0.15, 0.2) is 5.78 Å². The molecule has 100 valence electrons. The highest BCUT2D eigenvalue weighted by Crippen LogP contribution is 2.28. The summed E-state index contributed by atoms with van der Waals surface area (Å²) in [6.07, 6.45) is 1.73. The van der Waals surface area contributed by atoms with Gasteiger partial charge in [-0.1, -0.05) is 31.9 Å². The number of H-pyrrole nitrogens is 1. The zero-order valence-electron chi connectivity index (χ0n) is 10.3. The molecule has 3 rings (SSSR count). The molecule has 0 aliphatic carbocycles. The molecule has 20 heavy (non-hydrogen) atoms. The Hall–Kier alpha value is -1.59. The normalized spacial score (nSPS) is 10.9. The number of benzene rings is 2. The first kappa shape index (κ1) is 13.4. The van der Waals surface area contributed by atoms with E-state index >= 15 is 0 Å². The topological polar surface area (TPSA) is 58.9 Å². The molecule has 0 spiro atoms. The van der Waals surface area contributed by atoms with E-state index in [1.165, 1.54) is 0 Å². The molecule has 3 nitrogen and oxygen atoms in total. The summed E-state index contributed by atoms with van der Waals surface area (Å²) in [5.74, 6) is -0.0616. The van der Waals surface area contributed by atoms with Crippen molar-refractivity contribution in [2.45, 2.75) is 0 Å². The fraction of sp³-hybridized carbons (Fsp3) is 0. The molecule has 0 aliphatic heterocycles. The van der Waals surface area contributed by atoms with Gasteiger partial charge in [0.05, 0.1) is 0 Å². The molecular formula is C15H10Br2N2O. The van der Waals surface area contributed by atoms with Crippen LogP contribution in [0.3, 0.4) is 0 Å². The van der Waals surface area contributed by atoms with Gasteiger partial charge < -0.3 is 10.7 Å². The van der Waals surface area contributed by atoms with E-state index in [2.05, 4.69) is 36.8 Å². The first-order chi connectivity index (χ1) is 9.56. The lowest BCUT2D eigenvalue weighted by atomic mass is 10.0. The van der Waals surface area contributed by atoms with Gasteiger partial charge in [0.1, 0.15) is 0 Å². The minimum absolute atomic E-state index is 0.0616. The van der Waals surface area contributed by atoms with Crippen molar-refractivity contribution >= 4 is 54.2 Å². The largest absolute Gasteiger partial charge is 0.399 e. The van der Waals surface area contributed by atoms with Crippen molar-refractivity contribution in [3.8, 4) is 0 Å². The van der Waals surface area contributed by atoms with Crippen molar-refractivity contribution in [3.05, 3.63) is 62.7 Å². The average molecular weight is 394 g/mol. The molecule has 3 aromatic rings. The fourth-order valence-electron chi connectivity index (χ4n) is 2.14.